The van der Waals surface area contributed by atoms with Crippen molar-refractivity contribution in [3.63, 3.8) is 0 Å². The standard InChI is InChI=1S/C28H24N4O3/c1-16-12-13-24(17(2)14-16)32-19(4)22(18(3)30-32)15-23-26(33)29-28(35)31(27(23)34)25-11-7-9-20-8-5-6-10-21(20)25/h5-15H,1-4H3,(H,29,33,35)/b23-15+. The molecule has 5 rings (SSSR count). The molecule has 0 saturated carbocycles. The third-order valence-electron chi connectivity index (χ3n) is 6.33. The molecule has 0 aliphatic carbocycles. The summed E-state index contributed by atoms with van der Waals surface area (Å²) in [6, 6.07) is 18.2. The molecule has 0 atom stereocenters. The van der Waals surface area contributed by atoms with E-state index in [4.69, 9.17) is 0 Å². The highest BCUT2D eigenvalue weighted by atomic mass is 16.2. The lowest BCUT2D eigenvalue weighted by atomic mass is 10.0. The van der Waals surface area contributed by atoms with E-state index in [9.17, 15) is 14.4 Å². The monoisotopic (exact) mass is 464 g/mol. The van der Waals surface area contributed by atoms with Crippen molar-refractivity contribution >= 4 is 40.4 Å². The van der Waals surface area contributed by atoms with Crippen molar-refractivity contribution in [1.29, 1.82) is 0 Å². The summed E-state index contributed by atoms with van der Waals surface area (Å²) < 4.78 is 1.81. The van der Waals surface area contributed by atoms with Crippen LogP contribution in [-0.4, -0.2) is 27.6 Å². The van der Waals surface area contributed by atoms with Gasteiger partial charge in [0.15, 0.2) is 0 Å². The Morgan fingerprint density at radius 2 is 1.60 bits per heavy atom. The minimum Gasteiger partial charge on any atom is -0.273 e. The van der Waals surface area contributed by atoms with Crippen molar-refractivity contribution in [3.8, 4) is 5.69 Å². The first-order valence-electron chi connectivity index (χ1n) is 11.3. The molecule has 174 valence electrons. The Morgan fingerprint density at radius 3 is 2.37 bits per heavy atom. The van der Waals surface area contributed by atoms with Crippen LogP contribution in [0.4, 0.5) is 10.5 Å². The number of carbonyl (C=O) groups is 3. The highest BCUT2D eigenvalue weighted by Gasteiger charge is 2.37. The Labute approximate surface area is 202 Å². The summed E-state index contributed by atoms with van der Waals surface area (Å²) in [5, 5.41) is 8.61. The normalized spacial score (nSPS) is 15.3. The third kappa shape index (κ3) is 3.71. The largest absolute Gasteiger partial charge is 0.335 e. The quantitative estimate of drug-likeness (QED) is 0.344. The Bertz CT molecular complexity index is 1570. The topological polar surface area (TPSA) is 84.3 Å². The Kier molecular flexibility index (Phi) is 5.32. The molecule has 0 radical (unpaired) electrons. The molecule has 7 heteroatoms. The number of imide groups is 2. The summed E-state index contributed by atoms with van der Waals surface area (Å²) in [7, 11) is 0. The van der Waals surface area contributed by atoms with E-state index in [1.54, 1.807) is 12.1 Å². The number of hydrogen-bond donors (Lipinski definition) is 1. The van der Waals surface area contributed by atoms with Gasteiger partial charge in [0.25, 0.3) is 11.8 Å². The smallest absolute Gasteiger partial charge is 0.273 e. The lowest BCUT2D eigenvalue weighted by Gasteiger charge is -2.27. The van der Waals surface area contributed by atoms with Gasteiger partial charge in [0.05, 0.1) is 17.1 Å². The molecule has 1 fully saturated rings. The van der Waals surface area contributed by atoms with Crippen LogP contribution in [0.25, 0.3) is 22.5 Å². The molecule has 1 aliphatic rings. The van der Waals surface area contributed by atoms with Crippen LogP contribution in [0.3, 0.4) is 0 Å². The van der Waals surface area contributed by atoms with Gasteiger partial charge in [0.1, 0.15) is 5.57 Å². The van der Waals surface area contributed by atoms with Crippen LogP contribution in [-0.2, 0) is 9.59 Å². The molecule has 1 saturated heterocycles. The van der Waals surface area contributed by atoms with Gasteiger partial charge in [-0.25, -0.2) is 14.4 Å². The first-order chi connectivity index (χ1) is 16.8. The molecule has 0 spiro atoms. The van der Waals surface area contributed by atoms with Gasteiger partial charge in [-0.15, -0.1) is 0 Å². The van der Waals surface area contributed by atoms with Gasteiger partial charge in [0, 0.05) is 16.6 Å². The van der Waals surface area contributed by atoms with Gasteiger partial charge >= 0.3 is 6.03 Å². The second-order valence-electron chi connectivity index (χ2n) is 8.74. The van der Waals surface area contributed by atoms with E-state index < -0.39 is 17.8 Å². The Balaban J connectivity index is 1.61. The van der Waals surface area contributed by atoms with Crippen molar-refractivity contribution in [2.75, 3.05) is 4.90 Å². The van der Waals surface area contributed by atoms with Gasteiger partial charge < -0.3 is 0 Å². The lowest BCUT2D eigenvalue weighted by molar-refractivity contribution is -0.122. The molecule has 0 bridgehead atoms. The number of rotatable bonds is 3. The third-order valence-corrected chi connectivity index (χ3v) is 6.33. The molecular weight excluding hydrogens is 440 g/mol. The van der Waals surface area contributed by atoms with E-state index in [0.717, 1.165) is 38.2 Å². The highest BCUT2D eigenvalue weighted by Crippen LogP contribution is 2.30. The van der Waals surface area contributed by atoms with Gasteiger partial charge in [0.2, 0.25) is 0 Å². The molecule has 3 aromatic carbocycles. The van der Waals surface area contributed by atoms with Crippen LogP contribution < -0.4 is 10.2 Å². The van der Waals surface area contributed by atoms with E-state index in [2.05, 4.69) is 16.5 Å². The van der Waals surface area contributed by atoms with E-state index >= 15 is 0 Å². The second kappa shape index (κ2) is 8.36. The number of hydrogen-bond acceptors (Lipinski definition) is 4. The molecule has 4 aromatic rings. The van der Waals surface area contributed by atoms with E-state index in [0.29, 0.717) is 16.9 Å². The summed E-state index contributed by atoms with van der Waals surface area (Å²) in [6.45, 7) is 7.77. The van der Waals surface area contributed by atoms with E-state index in [1.165, 1.54) is 6.08 Å². The average molecular weight is 465 g/mol. The summed E-state index contributed by atoms with van der Waals surface area (Å²) in [6.07, 6.45) is 1.53. The molecule has 2 heterocycles. The molecule has 1 N–H and O–H groups in total. The van der Waals surface area contributed by atoms with Crippen LogP contribution >= 0.6 is 0 Å². The SMILES string of the molecule is Cc1ccc(-n2nc(C)c(/C=C3\C(=O)NC(=O)N(c4cccc5ccccc45)C3=O)c2C)c(C)c1. The van der Waals surface area contributed by atoms with Crippen molar-refractivity contribution in [2.45, 2.75) is 27.7 Å². The lowest BCUT2D eigenvalue weighted by Crippen LogP contribution is -2.54. The summed E-state index contributed by atoms with van der Waals surface area (Å²) in [4.78, 5) is 40.1. The molecular formula is C28H24N4O3. The fourth-order valence-electron chi connectivity index (χ4n) is 4.57. The van der Waals surface area contributed by atoms with Crippen LogP contribution in [0, 0.1) is 27.7 Å². The number of amides is 4. The van der Waals surface area contributed by atoms with Crippen LogP contribution in [0.15, 0.2) is 66.2 Å². The number of anilines is 1. The molecule has 1 aromatic heterocycles. The van der Waals surface area contributed by atoms with Crippen molar-refractivity contribution in [1.82, 2.24) is 15.1 Å². The predicted octanol–water partition coefficient (Wildman–Crippen LogP) is 4.93. The molecule has 1 aliphatic heterocycles. The molecule has 35 heavy (non-hydrogen) atoms. The zero-order valence-corrected chi connectivity index (χ0v) is 19.9. The first kappa shape index (κ1) is 22.3. The number of nitrogens with one attached hydrogen (secondary N) is 1. The zero-order valence-electron chi connectivity index (χ0n) is 19.9. The van der Waals surface area contributed by atoms with Crippen LogP contribution in [0.1, 0.15) is 28.1 Å². The van der Waals surface area contributed by atoms with Crippen LogP contribution in [0.2, 0.25) is 0 Å². The van der Waals surface area contributed by atoms with Gasteiger partial charge in [-0.3, -0.25) is 14.9 Å². The van der Waals surface area contributed by atoms with Gasteiger partial charge in [-0.1, -0.05) is 54.1 Å². The maximum atomic E-state index is 13.5. The number of carbonyl (C=O) groups excluding carboxylic acids is 3. The number of aromatic nitrogens is 2. The number of fused-ring (bicyclic) bond motifs is 1. The average Bonchev–Trinajstić information content (AvgIpc) is 3.09. The maximum Gasteiger partial charge on any atom is 0.335 e. The highest BCUT2D eigenvalue weighted by molar-refractivity contribution is 6.40. The number of urea groups is 1. The zero-order chi connectivity index (χ0) is 24.9. The van der Waals surface area contributed by atoms with Crippen LogP contribution in [0.5, 0.6) is 0 Å². The van der Waals surface area contributed by atoms with Gasteiger partial charge in [-0.2, -0.15) is 5.10 Å². The van der Waals surface area contributed by atoms with Crippen molar-refractivity contribution < 1.29 is 14.4 Å². The number of aryl methyl sites for hydroxylation is 3. The van der Waals surface area contributed by atoms with Crippen molar-refractivity contribution in [2.24, 2.45) is 0 Å². The van der Waals surface area contributed by atoms with Crippen molar-refractivity contribution in [3.05, 3.63) is 94.3 Å². The Morgan fingerprint density at radius 1 is 0.857 bits per heavy atom. The minimum atomic E-state index is -0.770. The summed E-state index contributed by atoms with van der Waals surface area (Å²) in [5.74, 6) is -1.40. The fraction of sp³-hybridized carbons (Fsp3) is 0.143. The number of benzene rings is 3. The number of barbiturate groups is 1. The summed E-state index contributed by atoms with van der Waals surface area (Å²) >= 11 is 0. The first-order valence-corrected chi connectivity index (χ1v) is 11.3. The fourth-order valence-corrected chi connectivity index (χ4v) is 4.57. The number of nitrogens with zero attached hydrogens (tertiary/aromatic N) is 3. The maximum absolute atomic E-state index is 13.5. The molecule has 4 amide bonds. The molecule has 0 unspecified atom stereocenters. The van der Waals surface area contributed by atoms with Gasteiger partial charge in [-0.05, 0) is 56.9 Å². The molecule has 7 nitrogen and oxygen atoms in total. The Hall–Kier alpha value is -4.52. The van der Waals surface area contributed by atoms with E-state index in [1.807, 2.05) is 74.8 Å². The minimum absolute atomic E-state index is 0.121. The van der Waals surface area contributed by atoms with E-state index in [-0.39, 0.29) is 5.57 Å². The second-order valence-corrected chi connectivity index (χ2v) is 8.74. The summed E-state index contributed by atoms with van der Waals surface area (Å²) in [5.41, 5.74) is 5.56. The predicted molar refractivity (Wildman–Crippen MR) is 135 cm³/mol.